The van der Waals surface area contributed by atoms with Crippen molar-refractivity contribution < 1.29 is 33.3 Å². The Kier molecular flexibility index (Phi) is 4.68. The molecular formula is C28H32F2O5. The molecule has 1 aromatic rings. The molecule has 0 amide bonds. The van der Waals surface area contributed by atoms with Crippen molar-refractivity contribution in [3.05, 3.63) is 54.1 Å². The molecule has 7 heteroatoms. The molecule has 35 heavy (non-hydrogen) atoms. The lowest BCUT2D eigenvalue weighted by atomic mass is 9.44. The first kappa shape index (κ1) is 23.3. The predicted molar refractivity (Wildman–Crippen MR) is 124 cm³/mol. The number of rotatable bonds is 3. The minimum absolute atomic E-state index is 0.0314. The molecule has 1 aliphatic heterocycles. The van der Waals surface area contributed by atoms with Crippen LogP contribution in [0, 0.1) is 28.6 Å². The second-order valence-electron chi connectivity index (χ2n) is 11.7. The largest absolute Gasteiger partial charge is 0.457 e. The van der Waals surface area contributed by atoms with Gasteiger partial charge in [0.2, 0.25) is 0 Å². The number of ketones is 1. The second kappa shape index (κ2) is 7.02. The van der Waals surface area contributed by atoms with Gasteiger partial charge in [0.25, 0.3) is 5.79 Å². The van der Waals surface area contributed by atoms with E-state index in [2.05, 4.69) is 0 Å². The van der Waals surface area contributed by atoms with Gasteiger partial charge >= 0.3 is 0 Å². The fourth-order valence-corrected chi connectivity index (χ4v) is 8.45. The molecule has 3 saturated carbocycles. The van der Waals surface area contributed by atoms with E-state index in [1.807, 2.05) is 32.0 Å². The molecule has 10 atom stereocenters. The first-order chi connectivity index (χ1) is 16.4. The van der Waals surface area contributed by atoms with E-state index in [-0.39, 0.29) is 36.7 Å². The molecule has 1 heterocycles. The highest BCUT2D eigenvalue weighted by atomic mass is 19.1. The van der Waals surface area contributed by atoms with Gasteiger partial charge in [-0.1, -0.05) is 38.1 Å². The average Bonchev–Trinajstić information content (AvgIpc) is 3.57. The number of fused-ring (bicyclic) bond motifs is 5. The number of allylic oxidation sites excluding steroid dienone is 4. The Morgan fingerprint density at radius 1 is 1.14 bits per heavy atom. The fraction of sp³-hybridized carbons (Fsp3) is 0.607. The van der Waals surface area contributed by atoms with Gasteiger partial charge in [0.1, 0.15) is 24.1 Å². The standard InChI is InChI=1S/C28H32F2O5/c1-16-11-19-20-13-22(29)21-12-17(31)9-10-24(21,2)27(20,30)23(32)14-25(19,3)28(16,33)26(15-34-26)35-18-7-5-4-6-8-18/h4-10,12,16,19-20,22-23,32-33H,11,13-15H2,1-3H3/t16-,19+,20+,22+,23+,24+,25+,26?,27+,28-/m1/s1. The van der Waals surface area contributed by atoms with Crippen LogP contribution in [0.1, 0.15) is 40.0 Å². The Balaban J connectivity index is 1.43. The minimum Gasteiger partial charge on any atom is -0.457 e. The number of carbonyl (C=O) groups excluding carboxylic acids is 1. The van der Waals surface area contributed by atoms with Crippen molar-refractivity contribution in [2.75, 3.05) is 6.61 Å². The molecular weight excluding hydrogens is 454 g/mol. The van der Waals surface area contributed by atoms with Crippen LogP contribution in [-0.2, 0) is 9.53 Å². The topological polar surface area (TPSA) is 79.3 Å². The van der Waals surface area contributed by atoms with Crippen LogP contribution in [0.2, 0.25) is 0 Å². The highest BCUT2D eigenvalue weighted by Gasteiger charge is 2.82. The summed E-state index contributed by atoms with van der Waals surface area (Å²) in [5, 5.41) is 23.9. The molecule has 5 aliphatic rings. The van der Waals surface area contributed by atoms with Crippen LogP contribution >= 0.6 is 0 Å². The lowest BCUT2D eigenvalue weighted by molar-refractivity contribution is -0.258. The summed E-state index contributed by atoms with van der Waals surface area (Å²) in [6.07, 6.45) is 1.19. The van der Waals surface area contributed by atoms with Crippen molar-refractivity contribution in [3.63, 3.8) is 0 Å². The van der Waals surface area contributed by atoms with E-state index in [0.29, 0.717) is 12.2 Å². The van der Waals surface area contributed by atoms with Crippen LogP contribution < -0.4 is 4.74 Å². The van der Waals surface area contributed by atoms with Gasteiger partial charge in [-0.2, -0.15) is 0 Å². The summed E-state index contributed by atoms with van der Waals surface area (Å²) in [5.41, 5.74) is -6.03. The number of epoxide rings is 1. The Bertz CT molecular complexity index is 1130. The third-order valence-electron chi connectivity index (χ3n) is 10.2. The van der Waals surface area contributed by atoms with Crippen LogP contribution in [0.15, 0.2) is 54.1 Å². The van der Waals surface area contributed by atoms with Crippen molar-refractivity contribution in [3.8, 4) is 5.75 Å². The normalized spacial score (nSPS) is 52.3. The van der Waals surface area contributed by atoms with Crippen molar-refractivity contribution >= 4 is 5.78 Å². The Morgan fingerprint density at radius 2 is 1.83 bits per heavy atom. The lowest BCUT2D eigenvalue weighted by Crippen LogP contribution is -2.71. The molecule has 6 rings (SSSR count). The highest BCUT2D eigenvalue weighted by Crippen LogP contribution is 2.73. The zero-order valence-electron chi connectivity index (χ0n) is 20.2. The number of carbonyl (C=O) groups is 1. The fourth-order valence-electron chi connectivity index (χ4n) is 8.45. The smallest absolute Gasteiger partial charge is 0.264 e. The third-order valence-corrected chi connectivity index (χ3v) is 10.2. The number of aliphatic hydroxyl groups is 2. The Morgan fingerprint density at radius 3 is 2.49 bits per heavy atom. The van der Waals surface area contributed by atoms with Crippen LogP contribution in [0.5, 0.6) is 5.75 Å². The van der Waals surface area contributed by atoms with E-state index in [4.69, 9.17) is 9.47 Å². The first-order valence-electron chi connectivity index (χ1n) is 12.5. The summed E-state index contributed by atoms with van der Waals surface area (Å²) in [7, 11) is 0. The molecule has 1 aromatic carbocycles. The molecule has 0 radical (unpaired) electrons. The van der Waals surface area contributed by atoms with E-state index >= 15 is 8.78 Å². The molecule has 0 spiro atoms. The maximum atomic E-state index is 17.3. The zero-order valence-corrected chi connectivity index (χ0v) is 20.2. The van der Waals surface area contributed by atoms with Crippen LogP contribution in [-0.4, -0.2) is 51.9 Å². The second-order valence-corrected chi connectivity index (χ2v) is 11.7. The van der Waals surface area contributed by atoms with Crippen molar-refractivity contribution in [2.45, 2.75) is 69.4 Å². The number of aliphatic hydroxyl groups excluding tert-OH is 1. The van der Waals surface area contributed by atoms with Crippen molar-refractivity contribution in [2.24, 2.45) is 28.6 Å². The van der Waals surface area contributed by atoms with Gasteiger partial charge in [-0.05, 0) is 67.9 Å². The van der Waals surface area contributed by atoms with Gasteiger partial charge < -0.3 is 19.7 Å². The van der Waals surface area contributed by atoms with Gasteiger partial charge in [0, 0.05) is 16.7 Å². The summed E-state index contributed by atoms with van der Waals surface area (Å²) in [4.78, 5) is 12.0. The Labute approximate surface area is 203 Å². The van der Waals surface area contributed by atoms with Gasteiger partial charge in [-0.3, -0.25) is 4.79 Å². The number of hydrogen-bond donors (Lipinski definition) is 2. The first-order valence-corrected chi connectivity index (χ1v) is 12.5. The van der Waals surface area contributed by atoms with Crippen molar-refractivity contribution in [1.29, 1.82) is 0 Å². The molecule has 1 saturated heterocycles. The lowest BCUT2D eigenvalue weighted by Gasteiger charge is -2.63. The number of benzene rings is 1. The molecule has 188 valence electrons. The number of hydrogen-bond acceptors (Lipinski definition) is 5. The maximum Gasteiger partial charge on any atom is 0.264 e. The predicted octanol–water partition coefficient (Wildman–Crippen LogP) is 4.09. The maximum absolute atomic E-state index is 17.3. The molecule has 0 bridgehead atoms. The zero-order chi connectivity index (χ0) is 25.0. The summed E-state index contributed by atoms with van der Waals surface area (Å²) < 4.78 is 45.0. The van der Waals surface area contributed by atoms with E-state index in [1.165, 1.54) is 18.2 Å². The van der Waals surface area contributed by atoms with E-state index in [0.717, 1.165) is 0 Å². The SMILES string of the molecule is C[C@@H]1C[C@H]2[C@@H]3C[C@H](F)C4=CC(=O)C=C[C@]4(C)[C@@]3(F)[C@@H](O)C[C@]2(C)[C@@]1(O)C1(Oc2ccccc2)CO1. The third kappa shape index (κ3) is 2.64. The van der Waals surface area contributed by atoms with Crippen LogP contribution in [0.25, 0.3) is 0 Å². The summed E-state index contributed by atoms with van der Waals surface area (Å²) in [5.74, 6) is -2.75. The molecule has 5 nitrogen and oxygen atoms in total. The van der Waals surface area contributed by atoms with Gasteiger partial charge in [0.05, 0.1) is 6.10 Å². The van der Waals surface area contributed by atoms with Crippen molar-refractivity contribution in [1.82, 2.24) is 0 Å². The molecule has 2 N–H and O–H groups in total. The number of ether oxygens (including phenoxy) is 2. The van der Waals surface area contributed by atoms with Gasteiger partial charge in [-0.15, -0.1) is 0 Å². The quantitative estimate of drug-likeness (QED) is 0.630. The monoisotopic (exact) mass is 486 g/mol. The Hall–Kier alpha value is -2.09. The molecule has 4 aliphatic carbocycles. The van der Waals surface area contributed by atoms with E-state index in [1.54, 1.807) is 19.1 Å². The summed E-state index contributed by atoms with van der Waals surface area (Å²) in [6, 6.07) is 9.10. The summed E-state index contributed by atoms with van der Waals surface area (Å²) in [6.45, 7) is 5.52. The summed E-state index contributed by atoms with van der Waals surface area (Å²) >= 11 is 0. The van der Waals surface area contributed by atoms with Gasteiger partial charge in [-0.25, -0.2) is 8.78 Å². The van der Waals surface area contributed by atoms with E-state index < -0.39 is 52.0 Å². The van der Waals surface area contributed by atoms with Gasteiger partial charge in [0.15, 0.2) is 11.5 Å². The van der Waals surface area contributed by atoms with Crippen LogP contribution in [0.3, 0.4) is 0 Å². The number of halogens is 2. The minimum atomic E-state index is -2.17. The number of para-hydroxylation sites is 1. The van der Waals surface area contributed by atoms with E-state index in [9.17, 15) is 15.0 Å². The van der Waals surface area contributed by atoms with Crippen LogP contribution in [0.4, 0.5) is 8.78 Å². The molecule has 0 aromatic heterocycles. The molecule has 4 fully saturated rings. The average molecular weight is 487 g/mol. The number of alkyl halides is 2. The molecule has 1 unspecified atom stereocenters. The highest BCUT2D eigenvalue weighted by molar-refractivity contribution is 6.01.